The molecule has 2 rings (SSSR count). The Balaban J connectivity index is 2.04. The quantitative estimate of drug-likeness (QED) is 0.525. The molecule has 0 aliphatic heterocycles. The van der Waals surface area contributed by atoms with Crippen LogP contribution in [0.2, 0.25) is 0 Å². The van der Waals surface area contributed by atoms with Crippen LogP contribution < -0.4 is 4.74 Å². The van der Waals surface area contributed by atoms with E-state index in [2.05, 4.69) is 37.4 Å². The van der Waals surface area contributed by atoms with Crippen LogP contribution in [-0.2, 0) is 21.4 Å². The van der Waals surface area contributed by atoms with E-state index >= 15 is 0 Å². The Kier molecular flexibility index (Phi) is 5.42. The summed E-state index contributed by atoms with van der Waals surface area (Å²) in [5.74, 6) is 0.825. The lowest BCUT2D eigenvalue weighted by atomic mass is 10.1. The molecule has 0 heterocycles. The van der Waals surface area contributed by atoms with Crippen molar-refractivity contribution in [1.82, 2.24) is 0 Å². The van der Waals surface area contributed by atoms with Gasteiger partial charge in [0.15, 0.2) is 4.90 Å². The van der Waals surface area contributed by atoms with Crippen LogP contribution in [0.4, 0.5) is 0 Å². The van der Waals surface area contributed by atoms with Crippen LogP contribution in [0, 0.1) is 6.92 Å². The van der Waals surface area contributed by atoms with Crippen LogP contribution in [0.3, 0.4) is 0 Å². The summed E-state index contributed by atoms with van der Waals surface area (Å²) in [6, 6.07) is 15.9. The first-order valence-corrected chi connectivity index (χ1v) is 8.49. The first kappa shape index (κ1) is 15.6. The predicted octanol–water partition coefficient (Wildman–Crippen LogP) is 2.70. The van der Waals surface area contributed by atoms with Crippen molar-refractivity contribution in [3.8, 4) is 5.75 Å². The van der Waals surface area contributed by atoms with E-state index in [-0.39, 0.29) is 10.9 Å². The Hall–Kier alpha value is -1.78. The maximum absolute atomic E-state index is 11.0. The minimum absolute atomic E-state index is 0.0927. The molecule has 1 unspecified atom stereocenters. The highest BCUT2D eigenvalue weighted by molar-refractivity contribution is 7.95. The van der Waals surface area contributed by atoms with Crippen LogP contribution in [0.15, 0.2) is 53.4 Å². The third-order valence-electron chi connectivity index (χ3n) is 3.22. The maximum atomic E-state index is 11.0. The number of benzene rings is 2. The van der Waals surface area contributed by atoms with Crippen LogP contribution in [0.5, 0.6) is 5.75 Å². The number of rotatable bonds is 5. The number of hydrogen-bond donors (Lipinski definition) is 1. The molecule has 1 N–H and O–H groups in total. The Morgan fingerprint density at radius 2 is 1.81 bits per heavy atom. The lowest BCUT2D eigenvalue weighted by Crippen LogP contribution is -2.12. The third kappa shape index (κ3) is 4.34. The molecule has 3 nitrogen and oxygen atoms in total. The van der Waals surface area contributed by atoms with E-state index in [9.17, 15) is 4.79 Å². The highest BCUT2D eigenvalue weighted by Crippen LogP contribution is 2.21. The molecule has 2 aromatic rings. The van der Waals surface area contributed by atoms with Crippen molar-refractivity contribution in [3.63, 3.8) is 0 Å². The van der Waals surface area contributed by atoms with Gasteiger partial charge in [-0.15, -0.1) is 0 Å². The Labute approximate surface area is 127 Å². The van der Waals surface area contributed by atoms with Gasteiger partial charge in [0.05, 0.1) is 0 Å². The summed E-state index contributed by atoms with van der Waals surface area (Å²) in [5, 5.41) is 8.66. The summed E-state index contributed by atoms with van der Waals surface area (Å²) >= 11 is 0. The number of aliphatic hydroxyl groups excluding tert-OH is 1. The van der Waals surface area contributed by atoms with Gasteiger partial charge in [0.2, 0.25) is 0 Å². The minimum Gasteiger partial charge on any atom is -0.425 e. The molecule has 0 aliphatic carbocycles. The molecule has 0 aliphatic rings. The number of ether oxygens (including phenoxy) is 1. The highest BCUT2D eigenvalue weighted by atomic mass is 32.2. The smallest absolute Gasteiger partial charge is 0.337 e. The van der Waals surface area contributed by atoms with E-state index in [0.29, 0.717) is 5.75 Å². The summed E-state index contributed by atoms with van der Waals surface area (Å²) < 4.78 is 4.95. The number of carbonyl (C=O) groups excluding carboxylic acids is 1. The lowest BCUT2D eigenvalue weighted by molar-refractivity contribution is -0.137. The van der Waals surface area contributed by atoms with Crippen LogP contribution in [-0.4, -0.2) is 23.9 Å². The second-order valence-corrected chi connectivity index (χ2v) is 6.85. The van der Waals surface area contributed by atoms with Crippen molar-refractivity contribution in [2.45, 2.75) is 17.6 Å². The van der Waals surface area contributed by atoms with E-state index in [4.69, 9.17) is 9.84 Å². The van der Waals surface area contributed by atoms with Gasteiger partial charge in [0.25, 0.3) is 0 Å². The molecule has 0 radical (unpaired) electrons. The van der Waals surface area contributed by atoms with Gasteiger partial charge in [-0.2, -0.15) is 0 Å². The molecule has 21 heavy (non-hydrogen) atoms. The zero-order chi connectivity index (χ0) is 15.2. The average molecular weight is 303 g/mol. The Bertz CT molecular complexity index is 608. The van der Waals surface area contributed by atoms with Crippen molar-refractivity contribution < 1.29 is 14.6 Å². The SMILES string of the molecule is Cc1ccccc1C[S+](C)c1ccc(OC(=O)CO)cc1. The van der Waals surface area contributed by atoms with Crippen molar-refractivity contribution >= 4 is 16.9 Å². The third-order valence-corrected chi connectivity index (χ3v) is 5.04. The van der Waals surface area contributed by atoms with Gasteiger partial charge in [-0.05, 0) is 36.8 Å². The van der Waals surface area contributed by atoms with Gasteiger partial charge in [-0.1, -0.05) is 24.3 Å². The van der Waals surface area contributed by atoms with Gasteiger partial charge in [0.1, 0.15) is 24.4 Å². The Morgan fingerprint density at radius 1 is 1.14 bits per heavy atom. The summed E-state index contributed by atoms with van der Waals surface area (Å²) in [7, 11) is 0.0927. The number of hydrogen-bond acceptors (Lipinski definition) is 3. The predicted molar refractivity (Wildman–Crippen MR) is 85.6 cm³/mol. The summed E-state index contributed by atoms with van der Waals surface area (Å²) in [6.45, 7) is 1.52. The van der Waals surface area contributed by atoms with Crippen LogP contribution in [0.25, 0.3) is 0 Å². The van der Waals surface area contributed by atoms with Crippen LogP contribution in [0.1, 0.15) is 11.1 Å². The topological polar surface area (TPSA) is 46.5 Å². The fourth-order valence-electron chi connectivity index (χ4n) is 1.99. The first-order chi connectivity index (χ1) is 10.1. The van der Waals surface area contributed by atoms with E-state index in [1.807, 2.05) is 12.1 Å². The standard InChI is InChI=1S/C17H19O3S/c1-13-5-3-4-6-14(13)12-21(2)16-9-7-15(8-10-16)20-17(19)11-18/h3-10,18H,11-12H2,1-2H3/q+1. The lowest BCUT2D eigenvalue weighted by Gasteiger charge is -2.07. The van der Waals surface area contributed by atoms with Gasteiger partial charge in [0, 0.05) is 16.5 Å². The van der Waals surface area contributed by atoms with E-state index in [0.717, 1.165) is 5.75 Å². The second-order valence-electron chi connectivity index (χ2n) is 4.81. The van der Waals surface area contributed by atoms with Gasteiger partial charge < -0.3 is 9.84 Å². The maximum Gasteiger partial charge on any atom is 0.337 e. The number of esters is 1. The first-order valence-electron chi connectivity index (χ1n) is 6.69. The zero-order valence-electron chi connectivity index (χ0n) is 12.2. The molecular formula is C17H19O3S+. The molecule has 1 atom stereocenters. The molecule has 0 amide bonds. The fourth-order valence-corrected chi connectivity index (χ4v) is 3.55. The monoisotopic (exact) mass is 303 g/mol. The molecule has 2 aromatic carbocycles. The van der Waals surface area contributed by atoms with E-state index < -0.39 is 12.6 Å². The molecule has 0 saturated heterocycles. The second kappa shape index (κ2) is 7.29. The number of carbonyl (C=O) groups is 1. The molecule has 0 saturated carbocycles. The molecule has 0 spiro atoms. The summed E-state index contributed by atoms with van der Waals surface area (Å²) in [4.78, 5) is 12.2. The van der Waals surface area contributed by atoms with Gasteiger partial charge in [-0.25, -0.2) is 4.79 Å². The zero-order valence-corrected chi connectivity index (χ0v) is 13.0. The van der Waals surface area contributed by atoms with E-state index in [1.165, 1.54) is 16.0 Å². The van der Waals surface area contributed by atoms with Crippen molar-refractivity contribution in [1.29, 1.82) is 0 Å². The highest BCUT2D eigenvalue weighted by Gasteiger charge is 2.17. The Morgan fingerprint density at radius 3 is 2.43 bits per heavy atom. The van der Waals surface area contributed by atoms with Crippen molar-refractivity contribution in [2.75, 3.05) is 12.9 Å². The molecule has 0 aromatic heterocycles. The molecular weight excluding hydrogens is 284 g/mol. The summed E-state index contributed by atoms with van der Waals surface area (Å²) in [6.07, 6.45) is 2.21. The number of aryl methyl sites for hydroxylation is 1. The van der Waals surface area contributed by atoms with Crippen molar-refractivity contribution in [2.24, 2.45) is 0 Å². The van der Waals surface area contributed by atoms with Crippen molar-refractivity contribution in [3.05, 3.63) is 59.7 Å². The van der Waals surface area contributed by atoms with Gasteiger partial charge in [-0.3, -0.25) is 0 Å². The molecule has 110 valence electrons. The van der Waals surface area contributed by atoms with Gasteiger partial charge >= 0.3 is 5.97 Å². The van der Waals surface area contributed by atoms with Crippen LogP contribution >= 0.6 is 0 Å². The largest absolute Gasteiger partial charge is 0.425 e. The normalized spacial score (nSPS) is 12.0. The average Bonchev–Trinajstić information content (AvgIpc) is 2.50. The molecule has 4 heteroatoms. The molecule has 0 bridgehead atoms. The minimum atomic E-state index is -0.641. The molecule has 0 fully saturated rings. The fraction of sp³-hybridized carbons (Fsp3) is 0.235. The summed E-state index contributed by atoms with van der Waals surface area (Å²) in [5.41, 5.74) is 2.67. The number of aliphatic hydroxyl groups is 1. The van der Waals surface area contributed by atoms with E-state index in [1.54, 1.807) is 12.1 Å².